The zero-order valence-electron chi connectivity index (χ0n) is 6.91. The molecule has 13 heavy (non-hydrogen) atoms. The van der Waals surface area contributed by atoms with Crippen LogP contribution in [0.25, 0.3) is 0 Å². The van der Waals surface area contributed by atoms with Crippen molar-refractivity contribution in [3.63, 3.8) is 0 Å². The summed E-state index contributed by atoms with van der Waals surface area (Å²) >= 11 is 0. The van der Waals surface area contributed by atoms with Crippen LogP contribution in [-0.2, 0) is 0 Å². The molecule has 1 rings (SSSR count). The Balaban J connectivity index is 2.66. The summed E-state index contributed by atoms with van der Waals surface area (Å²) in [7, 11) is 0. The maximum atomic E-state index is 11.2. The molecule has 0 atom stereocenters. The van der Waals surface area contributed by atoms with Gasteiger partial charge >= 0.3 is 0 Å². The van der Waals surface area contributed by atoms with E-state index < -0.39 is 0 Å². The summed E-state index contributed by atoms with van der Waals surface area (Å²) in [6.07, 6.45) is 0. The molecule has 0 aliphatic heterocycles. The number of hydrogen-bond acceptors (Lipinski definition) is 4. The highest BCUT2D eigenvalue weighted by Gasteiger charge is 2.04. The molecule has 1 aromatic rings. The van der Waals surface area contributed by atoms with E-state index in [-0.39, 0.29) is 17.2 Å². The fraction of sp³-hybridized carbons (Fsp3) is 0.286. The summed E-state index contributed by atoms with van der Waals surface area (Å²) in [5, 5.41) is 8.22. The number of hydrogen-bond donors (Lipinski definition) is 3. The van der Waals surface area contributed by atoms with Gasteiger partial charge in [-0.2, -0.15) is 5.10 Å². The second-order valence-corrected chi connectivity index (χ2v) is 2.35. The first kappa shape index (κ1) is 9.40. The number of aromatic nitrogens is 2. The van der Waals surface area contributed by atoms with Gasteiger partial charge in [0, 0.05) is 19.2 Å². The zero-order chi connectivity index (χ0) is 9.68. The van der Waals surface area contributed by atoms with E-state index in [9.17, 15) is 9.59 Å². The Labute approximate surface area is 74.1 Å². The molecule has 0 radical (unpaired) electrons. The number of amides is 1. The number of nitrogens with one attached hydrogen (secondary N) is 2. The van der Waals surface area contributed by atoms with E-state index in [1.54, 1.807) is 0 Å². The number of carbonyl (C=O) groups excluding carboxylic acids is 1. The van der Waals surface area contributed by atoms with Crippen molar-refractivity contribution in [1.29, 1.82) is 0 Å². The number of rotatable bonds is 3. The fourth-order valence-corrected chi connectivity index (χ4v) is 0.747. The highest BCUT2D eigenvalue weighted by Crippen LogP contribution is 1.86. The minimum absolute atomic E-state index is 0.174. The molecule has 1 amide bonds. The molecule has 4 N–H and O–H groups in total. The Morgan fingerprint density at radius 2 is 2.38 bits per heavy atom. The van der Waals surface area contributed by atoms with Gasteiger partial charge in [0.2, 0.25) is 0 Å². The van der Waals surface area contributed by atoms with Gasteiger partial charge in [0.15, 0.2) is 0 Å². The summed E-state index contributed by atoms with van der Waals surface area (Å²) in [6, 6.07) is 2.59. The molecule has 1 heterocycles. The Morgan fingerprint density at radius 3 is 2.92 bits per heavy atom. The highest BCUT2D eigenvalue weighted by atomic mass is 16.2. The van der Waals surface area contributed by atoms with Crippen LogP contribution in [0.4, 0.5) is 0 Å². The molecular weight excluding hydrogens is 172 g/mol. The van der Waals surface area contributed by atoms with Crippen LogP contribution in [0.15, 0.2) is 16.9 Å². The average Bonchev–Trinajstić information content (AvgIpc) is 2.15. The highest BCUT2D eigenvalue weighted by molar-refractivity contribution is 5.91. The number of nitrogens with zero attached hydrogens (tertiary/aromatic N) is 1. The Kier molecular flexibility index (Phi) is 3.15. The minimum Gasteiger partial charge on any atom is -0.349 e. The van der Waals surface area contributed by atoms with E-state index in [0.717, 1.165) is 0 Å². The second-order valence-electron chi connectivity index (χ2n) is 2.35. The van der Waals surface area contributed by atoms with Crippen molar-refractivity contribution in [3.8, 4) is 0 Å². The monoisotopic (exact) mass is 182 g/mol. The van der Waals surface area contributed by atoms with E-state index >= 15 is 0 Å². The molecule has 0 saturated heterocycles. The van der Waals surface area contributed by atoms with E-state index in [2.05, 4.69) is 15.5 Å². The third kappa shape index (κ3) is 2.68. The van der Waals surface area contributed by atoms with Crippen LogP contribution in [0.1, 0.15) is 10.5 Å². The SMILES string of the molecule is NCCNC(=O)c1ccc(=O)[nH]n1. The zero-order valence-corrected chi connectivity index (χ0v) is 6.91. The lowest BCUT2D eigenvalue weighted by molar-refractivity contribution is 0.0948. The molecule has 0 spiro atoms. The summed E-state index contributed by atoms with van der Waals surface area (Å²) in [5.41, 5.74) is 5.02. The molecule has 1 aromatic heterocycles. The van der Waals surface area contributed by atoms with Crippen molar-refractivity contribution in [2.45, 2.75) is 0 Å². The topological polar surface area (TPSA) is 101 Å². The lowest BCUT2D eigenvalue weighted by Crippen LogP contribution is -2.30. The van der Waals surface area contributed by atoms with E-state index in [1.165, 1.54) is 12.1 Å². The van der Waals surface area contributed by atoms with Crippen molar-refractivity contribution in [1.82, 2.24) is 15.5 Å². The lowest BCUT2D eigenvalue weighted by atomic mass is 10.3. The maximum Gasteiger partial charge on any atom is 0.271 e. The molecule has 0 fully saturated rings. The minimum atomic E-state index is -0.346. The number of aromatic amines is 1. The van der Waals surface area contributed by atoms with Gasteiger partial charge in [-0.15, -0.1) is 0 Å². The maximum absolute atomic E-state index is 11.2. The van der Waals surface area contributed by atoms with Gasteiger partial charge in [0.25, 0.3) is 11.5 Å². The Bertz CT molecular complexity index is 326. The molecule has 0 aliphatic rings. The number of carbonyl (C=O) groups is 1. The predicted octanol–water partition coefficient (Wildman–Crippen LogP) is -1.54. The Hall–Kier alpha value is -1.69. The van der Waals surface area contributed by atoms with Gasteiger partial charge in [0.1, 0.15) is 5.69 Å². The first-order valence-electron chi connectivity index (χ1n) is 3.78. The molecule has 0 unspecified atom stereocenters. The molecule has 70 valence electrons. The van der Waals surface area contributed by atoms with Gasteiger partial charge in [-0.25, -0.2) is 5.10 Å². The molecule has 0 aliphatic carbocycles. The summed E-state index contributed by atoms with van der Waals surface area (Å²) in [4.78, 5) is 21.8. The molecule has 0 bridgehead atoms. The predicted molar refractivity (Wildman–Crippen MR) is 46.2 cm³/mol. The van der Waals surface area contributed by atoms with Gasteiger partial charge in [-0.05, 0) is 6.07 Å². The van der Waals surface area contributed by atoms with Crippen LogP contribution in [0.3, 0.4) is 0 Å². The van der Waals surface area contributed by atoms with Gasteiger partial charge in [-0.1, -0.05) is 0 Å². The number of H-pyrrole nitrogens is 1. The smallest absolute Gasteiger partial charge is 0.271 e. The number of nitrogens with two attached hydrogens (primary N) is 1. The molecule has 6 nitrogen and oxygen atoms in total. The van der Waals surface area contributed by atoms with Crippen LogP contribution in [0.2, 0.25) is 0 Å². The van der Waals surface area contributed by atoms with Crippen molar-refractivity contribution < 1.29 is 4.79 Å². The van der Waals surface area contributed by atoms with E-state index in [0.29, 0.717) is 13.1 Å². The van der Waals surface area contributed by atoms with Crippen LogP contribution < -0.4 is 16.6 Å². The molecule has 6 heteroatoms. The van der Waals surface area contributed by atoms with Crippen LogP contribution in [-0.4, -0.2) is 29.2 Å². The molecular formula is C7H10N4O2. The third-order valence-electron chi connectivity index (χ3n) is 1.34. The van der Waals surface area contributed by atoms with Crippen molar-refractivity contribution in [2.24, 2.45) is 5.73 Å². The lowest BCUT2D eigenvalue weighted by Gasteiger charge is -2.00. The largest absolute Gasteiger partial charge is 0.349 e. The van der Waals surface area contributed by atoms with Crippen molar-refractivity contribution >= 4 is 5.91 Å². The third-order valence-corrected chi connectivity index (χ3v) is 1.34. The fourth-order valence-electron chi connectivity index (χ4n) is 0.747. The van der Waals surface area contributed by atoms with Crippen LogP contribution in [0, 0.1) is 0 Å². The van der Waals surface area contributed by atoms with Crippen LogP contribution >= 0.6 is 0 Å². The summed E-state index contributed by atoms with van der Waals surface area (Å²) < 4.78 is 0. The van der Waals surface area contributed by atoms with Crippen LogP contribution in [0.5, 0.6) is 0 Å². The second kappa shape index (κ2) is 4.36. The van der Waals surface area contributed by atoms with E-state index in [4.69, 9.17) is 5.73 Å². The van der Waals surface area contributed by atoms with Crippen molar-refractivity contribution in [3.05, 3.63) is 28.2 Å². The van der Waals surface area contributed by atoms with Crippen molar-refractivity contribution in [2.75, 3.05) is 13.1 Å². The summed E-state index contributed by atoms with van der Waals surface area (Å²) in [6.45, 7) is 0.759. The average molecular weight is 182 g/mol. The van der Waals surface area contributed by atoms with Gasteiger partial charge in [0.05, 0.1) is 0 Å². The van der Waals surface area contributed by atoms with Gasteiger partial charge in [-0.3, -0.25) is 9.59 Å². The molecule has 0 saturated carbocycles. The molecule has 0 aromatic carbocycles. The quantitative estimate of drug-likeness (QED) is 0.527. The standard InChI is InChI=1S/C7H10N4O2/c8-3-4-9-7(13)5-1-2-6(12)11-10-5/h1-2H,3-4,8H2,(H,9,13)(H,11,12). The van der Waals surface area contributed by atoms with Gasteiger partial charge < -0.3 is 11.1 Å². The first-order valence-corrected chi connectivity index (χ1v) is 3.78. The summed E-state index contributed by atoms with van der Waals surface area (Å²) in [5.74, 6) is -0.346. The van der Waals surface area contributed by atoms with E-state index in [1.807, 2.05) is 0 Å². The first-order chi connectivity index (χ1) is 6.24. The Morgan fingerprint density at radius 1 is 1.62 bits per heavy atom. The normalized spacial score (nSPS) is 9.62.